The number of hydrogen-bond acceptors (Lipinski definition) is 6. The van der Waals surface area contributed by atoms with Crippen LogP contribution in [-0.2, 0) is 13.6 Å². The number of aliphatic hydroxyl groups is 1. The number of ether oxygens (including phenoxy) is 1. The first kappa shape index (κ1) is 20.8. The van der Waals surface area contributed by atoms with E-state index in [9.17, 15) is 9.90 Å². The smallest absolute Gasteiger partial charge is 0.231 e. The fraction of sp³-hybridized carbons (Fsp3) is 0.320. The molecule has 3 aromatic rings. The molecular weight excluding hydrogens is 406 g/mol. The number of hydrogen-bond donors (Lipinski definition) is 2. The zero-order valence-electron chi connectivity index (χ0n) is 18.1. The summed E-state index contributed by atoms with van der Waals surface area (Å²) in [5.74, 6) is 0.706. The van der Waals surface area contributed by atoms with Crippen LogP contribution in [0.3, 0.4) is 0 Å². The summed E-state index contributed by atoms with van der Waals surface area (Å²) in [6, 6.07) is 11.3. The molecule has 1 fully saturated rings. The number of phenols is 1. The average molecular weight is 434 g/mol. The highest BCUT2D eigenvalue weighted by atomic mass is 16.5. The molecular formula is C25H27N3O4. The number of phenolic OH excluding ortho intramolecular Hbond substituents is 1. The zero-order chi connectivity index (χ0) is 22.2. The van der Waals surface area contributed by atoms with Crippen LogP contribution in [0.15, 0.2) is 48.4 Å². The maximum absolute atomic E-state index is 13.1. The Balaban J connectivity index is 1.42. The Morgan fingerprint density at radius 2 is 1.81 bits per heavy atom. The fourth-order valence-corrected chi connectivity index (χ4v) is 4.61. The van der Waals surface area contributed by atoms with E-state index in [1.165, 1.54) is 0 Å². The summed E-state index contributed by atoms with van der Waals surface area (Å²) < 4.78 is 8.10. The van der Waals surface area contributed by atoms with Crippen LogP contribution >= 0.6 is 0 Å². The Morgan fingerprint density at radius 1 is 1.06 bits per heavy atom. The Labute approximate surface area is 186 Å². The number of aromatic nitrogens is 1. The van der Waals surface area contributed by atoms with Gasteiger partial charge in [-0.1, -0.05) is 18.2 Å². The van der Waals surface area contributed by atoms with E-state index in [1.54, 1.807) is 18.2 Å². The van der Waals surface area contributed by atoms with Crippen LogP contribution in [0.1, 0.15) is 21.5 Å². The first-order chi connectivity index (χ1) is 15.5. The van der Waals surface area contributed by atoms with Crippen molar-refractivity contribution < 1.29 is 19.7 Å². The quantitative estimate of drug-likeness (QED) is 0.603. The Bertz CT molecular complexity index is 1210. The van der Waals surface area contributed by atoms with Gasteiger partial charge in [0, 0.05) is 69.0 Å². The predicted molar refractivity (Wildman–Crippen MR) is 123 cm³/mol. The minimum absolute atomic E-state index is 0.140. The number of para-hydroxylation sites is 1. The first-order valence-electron chi connectivity index (χ1n) is 10.9. The van der Waals surface area contributed by atoms with Gasteiger partial charge in [-0.3, -0.25) is 14.6 Å². The van der Waals surface area contributed by atoms with Crippen LogP contribution < -0.4 is 4.74 Å². The maximum Gasteiger partial charge on any atom is 0.231 e. The molecule has 2 aliphatic rings. The molecule has 5 rings (SSSR count). The second-order valence-electron chi connectivity index (χ2n) is 8.43. The molecule has 7 nitrogen and oxygen atoms in total. The molecule has 32 heavy (non-hydrogen) atoms. The van der Waals surface area contributed by atoms with Gasteiger partial charge in [0.15, 0.2) is 5.76 Å². The second kappa shape index (κ2) is 8.43. The topological polar surface area (TPSA) is 78.2 Å². The molecule has 0 spiro atoms. The minimum atomic E-state index is -0.165. The van der Waals surface area contributed by atoms with Gasteiger partial charge >= 0.3 is 0 Å². The number of carbonyl (C=O) groups excluding carboxylic acids is 1. The number of β-amino-alcohol motifs (C(OH)–C–C–N with tert-alkyl or cyclic N) is 1. The second-order valence-corrected chi connectivity index (χ2v) is 8.43. The van der Waals surface area contributed by atoms with Crippen molar-refractivity contribution in [2.24, 2.45) is 7.05 Å². The van der Waals surface area contributed by atoms with E-state index in [-0.39, 0.29) is 23.9 Å². The van der Waals surface area contributed by atoms with Crippen molar-refractivity contribution in [1.82, 2.24) is 14.4 Å². The first-order valence-corrected chi connectivity index (χ1v) is 10.9. The van der Waals surface area contributed by atoms with E-state index in [1.807, 2.05) is 42.1 Å². The van der Waals surface area contributed by atoms with Crippen molar-refractivity contribution in [2.45, 2.75) is 6.54 Å². The van der Waals surface area contributed by atoms with E-state index < -0.39 is 0 Å². The van der Waals surface area contributed by atoms with Crippen molar-refractivity contribution in [3.05, 3.63) is 65.0 Å². The average Bonchev–Trinajstić information content (AvgIpc) is 3.29. The lowest BCUT2D eigenvalue weighted by Crippen LogP contribution is -2.46. The van der Waals surface area contributed by atoms with Crippen LogP contribution in [0.2, 0.25) is 0 Å². The minimum Gasteiger partial charge on any atom is -0.507 e. The summed E-state index contributed by atoms with van der Waals surface area (Å²) in [7, 11) is 1.98. The molecule has 0 radical (unpaired) electrons. The van der Waals surface area contributed by atoms with Crippen LogP contribution in [0.5, 0.6) is 11.5 Å². The number of carbonyl (C=O) groups is 1. The molecule has 2 aromatic carbocycles. The number of Topliss-reactive ketones (excluding diaryl/α,β-unsaturated/α-hetero) is 1. The maximum atomic E-state index is 13.1. The molecule has 0 atom stereocenters. The Morgan fingerprint density at radius 3 is 2.59 bits per heavy atom. The molecule has 7 heteroatoms. The summed E-state index contributed by atoms with van der Waals surface area (Å²) in [5.41, 5.74) is 3.14. The zero-order valence-corrected chi connectivity index (χ0v) is 18.1. The van der Waals surface area contributed by atoms with Crippen molar-refractivity contribution in [1.29, 1.82) is 0 Å². The van der Waals surface area contributed by atoms with E-state index >= 15 is 0 Å². The lowest BCUT2D eigenvalue weighted by molar-refractivity contribution is 0.101. The largest absolute Gasteiger partial charge is 0.507 e. The van der Waals surface area contributed by atoms with Crippen molar-refractivity contribution in [3.63, 3.8) is 0 Å². The molecule has 2 N–H and O–H groups in total. The van der Waals surface area contributed by atoms with Crippen LogP contribution in [-0.4, -0.2) is 69.7 Å². The summed E-state index contributed by atoms with van der Waals surface area (Å²) in [6.45, 7) is 4.74. The fourth-order valence-electron chi connectivity index (χ4n) is 4.61. The summed E-state index contributed by atoms with van der Waals surface area (Å²) in [6.07, 6.45) is 3.78. The van der Waals surface area contributed by atoms with Crippen LogP contribution in [0, 0.1) is 0 Å². The number of nitrogens with zero attached hydrogens (tertiary/aromatic N) is 3. The van der Waals surface area contributed by atoms with Crippen molar-refractivity contribution >= 4 is 22.8 Å². The van der Waals surface area contributed by atoms with Gasteiger partial charge in [0.1, 0.15) is 11.5 Å². The van der Waals surface area contributed by atoms with Crippen LogP contribution in [0.4, 0.5) is 0 Å². The predicted octanol–water partition coefficient (Wildman–Crippen LogP) is 2.61. The molecule has 0 saturated carbocycles. The number of rotatable bonds is 5. The number of aliphatic hydroxyl groups excluding tert-OH is 1. The molecule has 1 saturated heterocycles. The highest BCUT2D eigenvalue weighted by Crippen LogP contribution is 2.40. The van der Waals surface area contributed by atoms with Gasteiger partial charge < -0.3 is 19.5 Å². The van der Waals surface area contributed by atoms with Gasteiger partial charge in [0.2, 0.25) is 5.78 Å². The van der Waals surface area contributed by atoms with E-state index in [0.717, 1.165) is 42.6 Å². The van der Waals surface area contributed by atoms with E-state index in [0.29, 0.717) is 30.0 Å². The van der Waals surface area contributed by atoms with E-state index in [4.69, 9.17) is 9.84 Å². The molecule has 166 valence electrons. The van der Waals surface area contributed by atoms with Gasteiger partial charge in [-0.25, -0.2) is 0 Å². The number of fused-ring (bicyclic) bond motifs is 2. The summed E-state index contributed by atoms with van der Waals surface area (Å²) in [4.78, 5) is 17.5. The number of ketones is 1. The lowest BCUT2D eigenvalue weighted by Gasteiger charge is -2.34. The molecule has 0 unspecified atom stereocenters. The number of allylic oxidation sites excluding steroid dienone is 1. The lowest BCUT2D eigenvalue weighted by atomic mass is 10.0. The third-order valence-electron chi connectivity index (χ3n) is 6.39. The molecule has 0 amide bonds. The number of benzene rings is 2. The standard InChI is InChI=1S/C25H27N3O4/c1-26-15-17(18-4-2-3-5-21(18)26)14-23-24(31)19-6-7-22(30)20(25(19)32-23)16-28-10-8-27(9-11-28)12-13-29/h2-7,14-15,29-30H,8-13,16H2,1H3/b23-14-. The van der Waals surface area contributed by atoms with Gasteiger partial charge in [-0.05, 0) is 24.3 Å². The highest BCUT2D eigenvalue weighted by Gasteiger charge is 2.32. The molecule has 2 aliphatic heterocycles. The number of aromatic hydroxyl groups is 1. The molecule has 0 bridgehead atoms. The summed E-state index contributed by atoms with van der Waals surface area (Å²) in [5, 5.41) is 20.8. The third kappa shape index (κ3) is 3.68. The van der Waals surface area contributed by atoms with Crippen molar-refractivity contribution in [2.75, 3.05) is 39.3 Å². The SMILES string of the molecule is Cn1cc(/C=C2\Oc3c(ccc(O)c3CN3CCN(CCO)CC3)C2=O)c2ccccc21. The number of piperazine rings is 1. The summed E-state index contributed by atoms with van der Waals surface area (Å²) >= 11 is 0. The normalized spacial score (nSPS) is 18.4. The van der Waals surface area contributed by atoms with Gasteiger partial charge in [0.25, 0.3) is 0 Å². The monoisotopic (exact) mass is 433 g/mol. The van der Waals surface area contributed by atoms with Crippen LogP contribution in [0.25, 0.3) is 17.0 Å². The Hall–Kier alpha value is -3.13. The van der Waals surface area contributed by atoms with Gasteiger partial charge in [0.05, 0.1) is 17.7 Å². The van der Waals surface area contributed by atoms with Crippen molar-refractivity contribution in [3.8, 4) is 11.5 Å². The number of aryl methyl sites for hydroxylation is 1. The molecule has 1 aromatic heterocycles. The van der Waals surface area contributed by atoms with Gasteiger partial charge in [-0.2, -0.15) is 0 Å². The van der Waals surface area contributed by atoms with E-state index in [2.05, 4.69) is 9.80 Å². The molecule has 3 heterocycles. The van der Waals surface area contributed by atoms with Gasteiger partial charge in [-0.15, -0.1) is 0 Å². The third-order valence-corrected chi connectivity index (χ3v) is 6.39. The molecule has 0 aliphatic carbocycles. The highest BCUT2D eigenvalue weighted by molar-refractivity contribution is 6.15. The Kier molecular flexibility index (Phi) is 5.46.